The maximum Gasteiger partial charge on any atom is 0.237 e. The number of carbonyl (C=O) groups is 2. The fraction of sp³-hybridized carbons (Fsp3) is 0.364. The molecule has 3 rings (SSSR count). The van der Waals surface area contributed by atoms with Gasteiger partial charge in [-0.15, -0.1) is 11.8 Å². The van der Waals surface area contributed by atoms with Gasteiger partial charge in [0.2, 0.25) is 11.8 Å². The molecule has 6 heteroatoms. The van der Waals surface area contributed by atoms with E-state index >= 15 is 0 Å². The van der Waals surface area contributed by atoms with Crippen LogP contribution in [0.4, 0.5) is 11.4 Å². The molecule has 4 nitrogen and oxygen atoms in total. The molecule has 0 radical (unpaired) electrons. The topological polar surface area (TPSA) is 58.2 Å². The second-order valence-electron chi connectivity index (χ2n) is 7.10. The van der Waals surface area contributed by atoms with Gasteiger partial charge in [0.1, 0.15) is 0 Å². The Morgan fingerprint density at radius 2 is 1.50 bits per heavy atom. The number of carbonyl (C=O) groups excluding carboxylic acids is 2. The van der Waals surface area contributed by atoms with Crippen molar-refractivity contribution >= 4 is 57.5 Å². The van der Waals surface area contributed by atoms with Crippen LogP contribution in [0, 0.1) is 9.49 Å². The Labute approximate surface area is 184 Å². The van der Waals surface area contributed by atoms with E-state index in [1.54, 1.807) is 0 Å². The monoisotopic (exact) mass is 508 g/mol. The molecule has 0 aromatic heterocycles. The van der Waals surface area contributed by atoms with Crippen molar-refractivity contribution in [3.63, 3.8) is 0 Å². The van der Waals surface area contributed by atoms with Crippen LogP contribution in [0.3, 0.4) is 0 Å². The van der Waals surface area contributed by atoms with Crippen LogP contribution in [0.1, 0.15) is 39.0 Å². The first-order valence-corrected chi connectivity index (χ1v) is 11.6. The summed E-state index contributed by atoms with van der Waals surface area (Å²) in [6.45, 7) is 1.89. The molecule has 2 aromatic rings. The minimum atomic E-state index is -0.220. The van der Waals surface area contributed by atoms with Gasteiger partial charge in [0.05, 0.1) is 5.25 Å². The summed E-state index contributed by atoms with van der Waals surface area (Å²) in [5, 5.41) is 5.75. The molecular formula is C22H25IN2O2S. The quantitative estimate of drug-likeness (QED) is 0.376. The third-order valence-electron chi connectivity index (χ3n) is 4.89. The van der Waals surface area contributed by atoms with Crippen LogP contribution >= 0.6 is 34.4 Å². The molecule has 0 saturated heterocycles. The number of thioether (sulfide) groups is 1. The van der Waals surface area contributed by atoms with Crippen molar-refractivity contribution in [2.75, 3.05) is 10.6 Å². The van der Waals surface area contributed by atoms with Crippen LogP contribution in [-0.2, 0) is 9.59 Å². The molecule has 28 heavy (non-hydrogen) atoms. The van der Waals surface area contributed by atoms with Gasteiger partial charge in [0, 0.05) is 25.8 Å². The molecule has 0 aliphatic heterocycles. The molecule has 0 spiro atoms. The van der Waals surface area contributed by atoms with E-state index in [4.69, 9.17) is 0 Å². The molecule has 1 unspecified atom stereocenters. The summed E-state index contributed by atoms with van der Waals surface area (Å²) < 4.78 is 1.13. The highest BCUT2D eigenvalue weighted by molar-refractivity contribution is 14.1. The molecule has 0 heterocycles. The Balaban J connectivity index is 1.50. The third kappa shape index (κ3) is 6.24. The van der Waals surface area contributed by atoms with Gasteiger partial charge >= 0.3 is 0 Å². The van der Waals surface area contributed by atoms with Gasteiger partial charge in [-0.3, -0.25) is 9.59 Å². The average molecular weight is 508 g/mol. The second kappa shape index (κ2) is 10.3. The fourth-order valence-electron chi connectivity index (χ4n) is 3.26. The summed E-state index contributed by atoms with van der Waals surface area (Å²) in [4.78, 5) is 25.7. The van der Waals surface area contributed by atoms with Crippen molar-refractivity contribution in [1.29, 1.82) is 0 Å². The number of hydrogen-bond donors (Lipinski definition) is 2. The smallest absolute Gasteiger partial charge is 0.237 e. The largest absolute Gasteiger partial charge is 0.326 e. The van der Waals surface area contributed by atoms with Gasteiger partial charge in [0.25, 0.3) is 0 Å². The van der Waals surface area contributed by atoms with Crippen molar-refractivity contribution < 1.29 is 9.59 Å². The summed E-state index contributed by atoms with van der Waals surface area (Å²) in [7, 11) is 0. The summed E-state index contributed by atoms with van der Waals surface area (Å²) in [6, 6.07) is 15.5. The zero-order valence-corrected chi connectivity index (χ0v) is 18.9. The Hall–Kier alpha value is -1.54. The van der Waals surface area contributed by atoms with E-state index in [1.165, 1.54) is 18.2 Å². The number of anilines is 2. The Morgan fingerprint density at radius 1 is 0.929 bits per heavy atom. The van der Waals surface area contributed by atoms with Gasteiger partial charge in [-0.05, 0) is 90.9 Å². The Bertz CT molecular complexity index is 802. The van der Waals surface area contributed by atoms with E-state index in [0.717, 1.165) is 45.5 Å². The number of rotatable bonds is 6. The van der Waals surface area contributed by atoms with Crippen LogP contribution in [0.5, 0.6) is 0 Å². The van der Waals surface area contributed by atoms with E-state index in [0.29, 0.717) is 0 Å². The van der Waals surface area contributed by atoms with Crippen LogP contribution in [0.15, 0.2) is 53.4 Å². The molecule has 1 saturated carbocycles. The van der Waals surface area contributed by atoms with Gasteiger partial charge < -0.3 is 10.6 Å². The zero-order chi connectivity index (χ0) is 19.9. The highest BCUT2D eigenvalue weighted by atomic mass is 127. The second-order valence-corrected chi connectivity index (χ2v) is 9.76. The Kier molecular flexibility index (Phi) is 7.79. The van der Waals surface area contributed by atoms with E-state index in [2.05, 4.69) is 33.2 Å². The number of nitrogens with one attached hydrogen (secondary N) is 2. The molecule has 2 N–H and O–H groups in total. The average Bonchev–Trinajstić information content (AvgIpc) is 2.71. The molecule has 148 valence electrons. The van der Waals surface area contributed by atoms with Gasteiger partial charge in [-0.1, -0.05) is 19.3 Å². The molecule has 1 atom stereocenters. The fourth-order valence-corrected chi connectivity index (χ4v) is 4.49. The third-order valence-corrected chi connectivity index (χ3v) is 6.72. The van der Waals surface area contributed by atoms with Crippen LogP contribution in [-0.4, -0.2) is 17.1 Å². The number of amides is 2. The van der Waals surface area contributed by atoms with Crippen molar-refractivity contribution in [2.24, 2.45) is 5.92 Å². The minimum absolute atomic E-state index is 0.0270. The highest BCUT2D eigenvalue weighted by Gasteiger charge is 2.21. The summed E-state index contributed by atoms with van der Waals surface area (Å²) in [5.74, 6) is 0.249. The normalized spacial score (nSPS) is 15.6. The number of halogens is 1. The zero-order valence-electron chi connectivity index (χ0n) is 15.9. The SMILES string of the molecule is CC(Sc1ccc(NC(=O)C2CCCCC2)cc1)C(=O)Nc1ccc(I)cc1. The molecule has 1 fully saturated rings. The molecule has 0 bridgehead atoms. The predicted octanol–water partition coefficient (Wildman–Crippen LogP) is 5.93. The van der Waals surface area contributed by atoms with Gasteiger partial charge in [-0.25, -0.2) is 0 Å². The minimum Gasteiger partial charge on any atom is -0.326 e. The predicted molar refractivity (Wildman–Crippen MR) is 125 cm³/mol. The standard InChI is InChI=1S/C22H25IN2O2S/c1-15(21(26)24-18-9-7-17(23)8-10-18)28-20-13-11-19(12-14-20)25-22(27)16-5-3-2-4-6-16/h7-16H,2-6H2,1H3,(H,24,26)(H,25,27). The highest BCUT2D eigenvalue weighted by Crippen LogP contribution is 2.27. The van der Waals surface area contributed by atoms with Crippen molar-refractivity contribution in [3.05, 3.63) is 52.1 Å². The summed E-state index contributed by atoms with van der Waals surface area (Å²) >= 11 is 3.74. The maximum absolute atomic E-state index is 12.4. The lowest BCUT2D eigenvalue weighted by Crippen LogP contribution is -2.24. The number of hydrogen-bond acceptors (Lipinski definition) is 3. The van der Waals surface area contributed by atoms with Crippen LogP contribution in [0.25, 0.3) is 0 Å². The lowest BCUT2D eigenvalue weighted by atomic mass is 9.88. The van der Waals surface area contributed by atoms with E-state index in [1.807, 2.05) is 55.5 Å². The van der Waals surface area contributed by atoms with E-state index < -0.39 is 0 Å². The lowest BCUT2D eigenvalue weighted by molar-refractivity contribution is -0.120. The van der Waals surface area contributed by atoms with Gasteiger partial charge in [0.15, 0.2) is 0 Å². The van der Waals surface area contributed by atoms with Gasteiger partial charge in [-0.2, -0.15) is 0 Å². The van der Waals surface area contributed by atoms with Crippen LogP contribution < -0.4 is 10.6 Å². The van der Waals surface area contributed by atoms with E-state index in [9.17, 15) is 9.59 Å². The molecule has 2 aromatic carbocycles. The maximum atomic E-state index is 12.4. The summed E-state index contributed by atoms with van der Waals surface area (Å²) in [6.07, 6.45) is 5.52. The first kappa shape index (κ1) is 21.2. The lowest BCUT2D eigenvalue weighted by Gasteiger charge is -2.20. The molecule has 1 aliphatic rings. The van der Waals surface area contributed by atoms with Crippen LogP contribution in [0.2, 0.25) is 0 Å². The van der Waals surface area contributed by atoms with Crippen molar-refractivity contribution in [3.8, 4) is 0 Å². The Morgan fingerprint density at radius 3 is 2.14 bits per heavy atom. The first-order chi connectivity index (χ1) is 13.5. The van der Waals surface area contributed by atoms with Crippen molar-refractivity contribution in [2.45, 2.75) is 49.2 Å². The molecule has 2 amide bonds. The summed E-state index contributed by atoms with van der Waals surface area (Å²) in [5.41, 5.74) is 1.62. The van der Waals surface area contributed by atoms with Crippen molar-refractivity contribution in [1.82, 2.24) is 0 Å². The number of benzene rings is 2. The molecular weight excluding hydrogens is 483 g/mol. The van der Waals surface area contributed by atoms with E-state index in [-0.39, 0.29) is 23.0 Å². The first-order valence-electron chi connectivity index (χ1n) is 9.65. The molecule has 1 aliphatic carbocycles.